The lowest BCUT2D eigenvalue weighted by Crippen LogP contribution is -2.48. The van der Waals surface area contributed by atoms with Crippen LogP contribution in [0, 0.1) is 18.6 Å². The normalized spacial score (nSPS) is 16.3. The molecule has 0 radical (unpaired) electrons. The van der Waals surface area contributed by atoms with E-state index in [1.807, 2.05) is 0 Å². The molecular weight excluding hydrogens is 655 g/mol. The second kappa shape index (κ2) is 12.3. The van der Waals surface area contributed by atoms with Crippen LogP contribution in [0.2, 0.25) is 0 Å². The van der Waals surface area contributed by atoms with Crippen molar-refractivity contribution in [3.8, 4) is 16.9 Å². The zero-order valence-corrected chi connectivity index (χ0v) is 25.6. The fourth-order valence-corrected chi connectivity index (χ4v) is 6.04. The Bertz CT molecular complexity index is 2300. The lowest BCUT2D eigenvalue weighted by molar-refractivity contribution is -0.140. The van der Waals surface area contributed by atoms with Crippen LogP contribution in [0.15, 0.2) is 76.6 Å². The number of aliphatic carboxylic acids is 1. The van der Waals surface area contributed by atoms with Crippen LogP contribution in [-0.4, -0.2) is 31.1 Å². The Morgan fingerprint density at radius 3 is 2.53 bits per heavy atom. The van der Waals surface area contributed by atoms with Crippen LogP contribution in [0.5, 0.6) is 5.75 Å². The fourth-order valence-electron chi connectivity index (χ4n) is 6.04. The molecule has 0 fully saturated rings. The molecule has 2 N–H and O–H groups in total. The van der Waals surface area contributed by atoms with Gasteiger partial charge in [-0.2, -0.15) is 13.2 Å². The minimum atomic E-state index is -5.26. The molecule has 1 aliphatic rings. The topological polar surface area (TPSA) is 133 Å². The predicted molar refractivity (Wildman–Crippen MR) is 165 cm³/mol. The van der Waals surface area contributed by atoms with E-state index in [1.165, 1.54) is 43.7 Å². The Morgan fingerprint density at radius 1 is 1.06 bits per heavy atom. The van der Waals surface area contributed by atoms with E-state index >= 15 is 8.78 Å². The Kier molecular flexibility index (Phi) is 8.30. The zero-order valence-electron chi connectivity index (χ0n) is 25.6. The summed E-state index contributed by atoms with van der Waals surface area (Å²) in [5.74, 6) is -5.86. The lowest BCUT2D eigenvalue weighted by Gasteiger charge is -2.27. The third-order valence-corrected chi connectivity index (χ3v) is 8.36. The highest BCUT2D eigenvalue weighted by molar-refractivity contribution is 5.86. The molecule has 0 saturated carbocycles. The van der Waals surface area contributed by atoms with Crippen molar-refractivity contribution in [2.45, 2.75) is 38.2 Å². The number of rotatable bonds is 3. The molecule has 1 amide bonds. The highest BCUT2D eigenvalue weighted by Gasteiger charge is 2.39. The number of aryl methyl sites for hydroxylation is 2. The monoisotopic (exact) mass is 680 g/mol. The van der Waals surface area contributed by atoms with Crippen LogP contribution in [-0.2, 0) is 29.4 Å². The maximum Gasteiger partial charge on any atom is 0.419 e. The Hall–Kier alpha value is -5.86. The largest absolute Gasteiger partial charge is 0.488 e. The van der Waals surface area contributed by atoms with Crippen LogP contribution in [0.1, 0.15) is 46.3 Å². The number of fused-ring (bicyclic) bond motifs is 7. The molecule has 49 heavy (non-hydrogen) atoms. The molecular formula is C34H25F5N4O6. The number of ether oxygens (including phenoxy) is 1. The zero-order chi connectivity index (χ0) is 35.4. The first-order chi connectivity index (χ1) is 23.2. The van der Waals surface area contributed by atoms with Crippen molar-refractivity contribution in [2.24, 2.45) is 7.05 Å². The SMILES string of the molecule is Cc1cccc2c1-c1cc(c(F)c(C(F)(F)F)c1)[C@H](CC(=O)O)NC(=O)C(n1c(=O)c3ccncc3n(C)c1=O)c1cc(ccc1F)CO2. The Morgan fingerprint density at radius 2 is 1.82 bits per heavy atom. The van der Waals surface area contributed by atoms with Crippen LogP contribution in [0.3, 0.4) is 0 Å². The van der Waals surface area contributed by atoms with E-state index in [4.69, 9.17) is 4.74 Å². The molecule has 0 spiro atoms. The number of carboxylic acids is 1. The summed E-state index contributed by atoms with van der Waals surface area (Å²) in [5, 5.41) is 11.9. The minimum absolute atomic E-state index is 0.0669. The molecule has 15 heteroatoms. The predicted octanol–water partition coefficient (Wildman–Crippen LogP) is 5.18. The van der Waals surface area contributed by atoms with Gasteiger partial charge >= 0.3 is 17.8 Å². The van der Waals surface area contributed by atoms with E-state index < -0.39 is 76.1 Å². The Balaban J connectivity index is 1.69. The third-order valence-electron chi connectivity index (χ3n) is 8.36. The number of pyridine rings is 1. The van der Waals surface area contributed by atoms with Crippen LogP contribution >= 0.6 is 0 Å². The van der Waals surface area contributed by atoms with E-state index in [-0.39, 0.29) is 39.9 Å². The number of hydrogen-bond acceptors (Lipinski definition) is 6. The van der Waals surface area contributed by atoms with Gasteiger partial charge in [0.05, 0.1) is 35.1 Å². The van der Waals surface area contributed by atoms with E-state index in [9.17, 15) is 37.5 Å². The number of nitrogens with zero attached hydrogens (tertiary/aromatic N) is 3. The molecule has 252 valence electrons. The summed E-state index contributed by atoms with van der Waals surface area (Å²) in [6.45, 7) is 1.27. The molecule has 4 bridgehead atoms. The average molecular weight is 681 g/mol. The van der Waals surface area contributed by atoms with Gasteiger partial charge in [0.1, 0.15) is 30.0 Å². The second-order valence-corrected chi connectivity index (χ2v) is 11.5. The average Bonchev–Trinajstić information content (AvgIpc) is 3.04. The van der Waals surface area contributed by atoms with Crippen molar-refractivity contribution >= 4 is 22.8 Å². The molecule has 0 aliphatic carbocycles. The number of benzene rings is 3. The highest BCUT2D eigenvalue weighted by atomic mass is 19.4. The number of hydrogen-bond donors (Lipinski definition) is 2. The molecule has 2 aromatic heterocycles. The first-order valence-corrected chi connectivity index (χ1v) is 14.7. The number of aromatic nitrogens is 3. The van der Waals surface area contributed by atoms with Gasteiger partial charge in [-0.15, -0.1) is 0 Å². The summed E-state index contributed by atoms with van der Waals surface area (Å²) in [4.78, 5) is 57.7. The smallest absolute Gasteiger partial charge is 0.419 e. The number of alkyl halides is 3. The molecule has 3 heterocycles. The maximum atomic E-state index is 15.9. The summed E-state index contributed by atoms with van der Waals surface area (Å²) in [5.41, 5.74) is -4.58. The molecule has 1 aliphatic heterocycles. The quantitative estimate of drug-likeness (QED) is 0.251. The number of amides is 1. The summed E-state index contributed by atoms with van der Waals surface area (Å²) in [7, 11) is 1.27. The van der Waals surface area contributed by atoms with E-state index in [2.05, 4.69) is 10.3 Å². The third kappa shape index (κ3) is 5.91. The molecule has 10 nitrogen and oxygen atoms in total. The summed E-state index contributed by atoms with van der Waals surface area (Å²) >= 11 is 0. The van der Waals surface area contributed by atoms with Crippen molar-refractivity contribution in [3.63, 3.8) is 0 Å². The van der Waals surface area contributed by atoms with E-state index in [0.717, 1.165) is 16.7 Å². The van der Waals surface area contributed by atoms with E-state index in [0.29, 0.717) is 16.2 Å². The first kappa shape index (κ1) is 33.1. The van der Waals surface area contributed by atoms with Gasteiger partial charge in [-0.05, 0) is 60.0 Å². The van der Waals surface area contributed by atoms with Crippen LogP contribution in [0.25, 0.3) is 22.0 Å². The number of carbonyl (C=O) groups excluding carboxylic acids is 1. The van der Waals surface area contributed by atoms with Gasteiger partial charge in [0.2, 0.25) is 5.91 Å². The summed E-state index contributed by atoms with van der Waals surface area (Å²) in [6.07, 6.45) is -3.91. The van der Waals surface area contributed by atoms with Crippen molar-refractivity contribution < 1.29 is 41.4 Å². The Labute approximate surface area is 273 Å². The van der Waals surface area contributed by atoms with Crippen molar-refractivity contribution in [3.05, 3.63) is 127 Å². The second-order valence-electron chi connectivity index (χ2n) is 11.5. The van der Waals surface area contributed by atoms with Crippen LogP contribution in [0.4, 0.5) is 22.0 Å². The molecule has 3 aromatic carbocycles. The number of nitrogens with one attached hydrogen (secondary N) is 1. The fraction of sp³-hybridized carbons (Fsp3) is 0.206. The van der Waals surface area contributed by atoms with Gasteiger partial charge in [-0.3, -0.25) is 23.9 Å². The van der Waals surface area contributed by atoms with Gasteiger partial charge in [-0.1, -0.05) is 18.2 Å². The molecule has 6 rings (SSSR count). The van der Waals surface area contributed by atoms with Gasteiger partial charge < -0.3 is 15.2 Å². The van der Waals surface area contributed by atoms with Gasteiger partial charge in [0.25, 0.3) is 5.56 Å². The van der Waals surface area contributed by atoms with Gasteiger partial charge in [-0.25, -0.2) is 18.1 Å². The molecule has 0 saturated heterocycles. The van der Waals surface area contributed by atoms with Crippen molar-refractivity contribution in [1.29, 1.82) is 0 Å². The van der Waals surface area contributed by atoms with Gasteiger partial charge in [0, 0.05) is 29.9 Å². The summed E-state index contributed by atoms with van der Waals surface area (Å²) < 4.78 is 82.0. The number of carbonyl (C=O) groups is 2. The summed E-state index contributed by atoms with van der Waals surface area (Å²) in [6, 6.07) is 6.73. The molecule has 5 aromatic rings. The van der Waals surface area contributed by atoms with Crippen molar-refractivity contribution in [1.82, 2.24) is 19.4 Å². The standard InChI is InChI=1S/C34H25F5N4O6/c1-16-4-3-5-26-28(16)18-11-21(29(36)22(12-18)34(37,38)39)24(13-27(44)45)41-31(46)30(20-10-17(15-49-26)6-7-23(20)35)43-32(47)19-8-9-40-14-25(19)42(2)33(43)48/h3-12,14,24,30H,13,15H2,1-2H3,(H,41,46)(H,44,45)/t24-,30?/m0/s1. The van der Waals surface area contributed by atoms with Crippen molar-refractivity contribution in [2.75, 3.05) is 0 Å². The first-order valence-electron chi connectivity index (χ1n) is 14.7. The van der Waals surface area contributed by atoms with E-state index in [1.54, 1.807) is 19.1 Å². The number of carboxylic acid groups (broad SMARTS) is 1. The number of halogens is 5. The van der Waals surface area contributed by atoms with Crippen LogP contribution < -0.4 is 21.3 Å². The highest BCUT2D eigenvalue weighted by Crippen LogP contribution is 2.42. The minimum Gasteiger partial charge on any atom is -0.488 e. The van der Waals surface area contributed by atoms with Gasteiger partial charge in [0.15, 0.2) is 0 Å². The molecule has 2 atom stereocenters. The molecule has 1 unspecified atom stereocenters. The lowest BCUT2D eigenvalue weighted by atomic mass is 9.91. The maximum absolute atomic E-state index is 15.9.